The van der Waals surface area contributed by atoms with Gasteiger partial charge in [-0.25, -0.2) is 0 Å². The number of hydrogen-bond acceptors (Lipinski definition) is 1. The SMILES string of the molecule is CCCCCC=CCC(O)C(Cl)(Cl)Cl. The smallest absolute Gasteiger partial charge is 0.216 e. The van der Waals surface area contributed by atoms with Crippen LogP contribution in [0.1, 0.15) is 39.0 Å². The largest absolute Gasteiger partial charge is 0.388 e. The number of allylic oxidation sites excluding steroid dienone is 1. The third-order valence-corrected chi connectivity index (χ3v) is 2.63. The molecule has 1 N–H and O–H groups in total. The molecule has 0 aliphatic rings. The standard InChI is InChI=1S/C10H17Cl3O/c1-2-3-4-5-6-7-8-9(14)10(11,12)13/h6-7,9,14H,2-5,8H2,1H3. The van der Waals surface area contributed by atoms with E-state index in [0.717, 1.165) is 6.42 Å². The van der Waals surface area contributed by atoms with Crippen LogP contribution in [0.2, 0.25) is 0 Å². The minimum atomic E-state index is -1.58. The Morgan fingerprint density at radius 2 is 1.86 bits per heavy atom. The maximum atomic E-state index is 9.34. The summed E-state index contributed by atoms with van der Waals surface area (Å²) in [5, 5.41) is 9.34. The fourth-order valence-electron chi connectivity index (χ4n) is 0.989. The van der Waals surface area contributed by atoms with Crippen molar-refractivity contribution in [2.45, 2.75) is 48.9 Å². The van der Waals surface area contributed by atoms with Gasteiger partial charge in [0, 0.05) is 0 Å². The summed E-state index contributed by atoms with van der Waals surface area (Å²) in [7, 11) is 0. The molecule has 0 radical (unpaired) electrons. The van der Waals surface area contributed by atoms with Crippen molar-refractivity contribution in [3.63, 3.8) is 0 Å². The second-order valence-corrected chi connectivity index (χ2v) is 5.63. The molecule has 0 saturated heterocycles. The first-order chi connectivity index (χ1) is 6.48. The molecule has 0 rings (SSSR count). The Labute approximate surface area is 101 Å². The van der Waals surface area contributed by atoms with Gasteiger partial charge in [0.15, 0.2) is 0 Å². The predicted octanol–water partition coefficient (Wildman–Crippen LogP) is 4.24. The lowest BCUT2D eigenvalue weighted by atomic mass is 10.2. The van der Waals surface area contributed by atoms with Crippen molar-refractivity contribution in [1.82, 2.24) is 0 Å². The van der Waals surface area contributed by atoms with Crippen LogP contribution in [-0.4, -0.2) is 15.0 Å². The summed E-state index contributed by atoms with van der Waals surface area (Å²) in [6.07, 6.45) is 8.01. The Hall–Kier alpha value is 0.570. The molecule has 1 atom stereocenters. The van der Waals surface area contributed by atoms with Crippen molar-refractivity contribution in [2.75, 3.05) is 0 Å². The van der Waals surface area contributed by atoms with Crippen molar-refractivity contribution < 1.29 is 5.11 Å². The van der Waals surface area contributed by atoms with Gasteiger partial charge in [0.2, 0.25) is 3.79 Å². The maximum Gasteiger partial charge on any atom is 0.216 e. The Balaban J connectivity index is 3.51. The fourth-order valence-corrected chi connectivity index (χ4v) is 1.26. The summed E-state index contributed by atoms with van der Waals surface area (Å²) >= 11 is 16.5. The molecule has 0 fully saturated rings. The number of halogens is 3. The molecule has 0 spiro atoms. The molecule has 1 unspecified atom stereocenters. The average Bonchev–Trinajstić information content (AvgIpc) is 2.09. The molecular formula is C10H17Cl3O. The van der Waals surface area contributed by atoms with Gasteiger partial charge < -0.3 is 5.11 Å². The van der Waals surface area contributed by atoms with E-state index < -0.39 is 9.90 Å². The highest BCUT2D eigenvalue weighted by Crippen LogP contribution is 2.31. The Morgan fingerprint density at radius 3 is 2.36 bits per heavy atom. The Morgan fingerprint density at radius 1 is 1.21 bits per heavy atom. The number of aliphatic hydroxyl groups excluding tert-OH is 1. The van der Waals surface area contributed by atoms with Gasteiger partial charge in [0.1, 0.15) is 6.10 Å². The van der Waals surface area contributed by atoms with E-state index in [0.29, 0.717) is 6.42 Å². The van der Waals surface area contributed by atoms with Crippen molar-refractivity contribution in [2.24, 2.45) is 0 Å². The first kappa shape index (κ1) is 14.6. The first-order valence-electron chi connectivity index (χ1n) is 4.88. The van der Waals surface area contributed by atoms with Crippen molar-refractivity contribution in [3.8, 4) is 0 Å². The first-order valence-corrected chi connectivity index (χ1v) is 6.01. The highest BCUT2D eigenvalue weighted by atomic mass is 35.6. The highest BCUT2D eigenvalue weighted by molar-refractivity contribution is 6.68. The van der Waals surface area contributed by atoms with E-state index in [-0.39, 0.29) is 0 Å². The van der Waals surface area contributed by atoms with Gasteiger partial charge in [-0.3, -0.25) is 0 Å². The number of alkyl halides is 3. The number of rotatable bonds is 6. The van der Waals surface area contributed by atoms with Crippen LogP contribution in [0, 0.1) is 0 Å². The van der Waals surface area contributed by atoms with Crippen LogP contribution in [-0.2, 0) is 0 Å². The molecule has 0 amide bonds. The lowest BCUT2D eigenvalue weighted by molar-refractivity contribution is 0.182. The summed E-state index contributed by atoms with van der Waals surface area (Å²) in [6, 6.07) is 0. The molecule has 14 heavy (non-hydrogen) atoms. The quantitative estimate of drug-likeness (QED) is 0.430. The Kier molecular flexibility index (Phi) is 8.13. The van der Waals surface area contributed by atoms with E-state index in [2.05, 4.69) is 6.92 Å². The molecule has 4 heteroatoms. The van der Waals surface area contributed by atoms with E-state index in [9.17, 15) is 5.11 Å². The van der Waals surface area contributed by atoms with E-state index in [4.69, 9.17) is 34.8 Å². The van der Waals surface area contributed by atoms with Crippen LogP contribution in [0.5, 0.6) is 0 Å². The van der Waals surface area contributed by atoms with Gasteiger partial charge in [0.25, 0.3) is 0 Å². The van der Waals surface area contributed by atoms with Crippen LogP contribution in [0.4, 0.5) is 0 Å². The van der Waals surface area contributed by atoms with Crippen LogP contribution < -0.4 is 0 Å². The number of unbranched alkanes of at least 4 members (excludes halogenated alkanes) is 3. The Bertz CT molecular complexity index is 163. The fraction of sp³-hybridized carbons (Fsp3) is 0.800. The molecule has 0 aliphatic heterocycles. The van der Waals surface area contributed by atoms with Crippen molar-refractivity contribution in [1.29, 1.82) is 0 Å². The number of hydrogen-bond donors (Lipinski definition) is 1. The summed E-state index contributed by atoms with van der Waals surface area (Å²) in [4.78, 5) is 0. The summed E-state index contributed by atoms with van der Waals surface area (Å²) in [5.74, 6) is 0. The molecule has 0 aromatic rings. The molecular weight excluding hydrogens is 242 g/mol. The molecule has 0 aromatic carbocycles. The maximum absolute atomic E-state index is 9.34. The molecule has 0 aliphatic carbocycles. The average molecular weight is 260 g/mol. The molecule has 0 aromatic heterocycles. The molecule has 84 valence electrons. The van der Waals surface area contributed by atoms with Crippen LogP contribution in [0.15, 0.2) is 12.2 Å². The minimum absolute atomic E-state index is 0.391. The zero-order chi connectivity index (χ0) is 11.0. The van der Waals surface area contributed by atoms with Crippen molar-refractivity contribution >= 4 is 34.8 Å². The van der Waals surface area contributed by atoms with E-state index >= 15 is 0 Å². The lowest BCUT2D eigenvalue weighted by Crippen LogP contribution is -2.24. The van der Waals surface area contributed by atoms with Gasteiger partial charge in [0.05, 0.1) is 0 Å². The molecule has 0 bridgehead atoms. The van der Waals surface area contributed by atoms with E-state index in [1.54, 1.807) is 0 Å². The molecule has 0 heterocycles. The van der Waals surface area contributed by atoms with Gasteiger partial charge in [-0.1, -0.05) is 66.7 Å². The third kappa shape index (κ3) is 7.93. The van der Waals surface area contributed by atoms with E-state index in [1.165, 1.54) is 19.3 Å². The van der Waals surface area contributed by atoms with Gasteiger partial charge in [-0.2, -0.15) is 0 Å². The molecule has 0 saturated carbocycles. The van der Waals surface area contributed by atoms with Gasteiger partial charge in [-0.05, 0) is 19.3 Å². The highest BCUT2D eigenvalue weighted by Gasteiger charge is 2.29. The van der Waals surface area contributed by atoms with Gasteiger partial charge >= 0.3 is 0 Å². The second kappa shape index (κ2) is 7.81. The molecule has 1 nitrogen and oxygen atoms in total. The summed E-state index contributed by atoms with van der Waals surface area (Å²) < 4.78 is -1.58. The lowest BCUT2D eigenvalue weighted by Gasteiger charge is -2.16. The van der Waals surface area contributed by atoms with Crippen molar-refractivity contribution in [3.05, 3.63) is 12.2 Å². The normalized spacial score (nSPS) is 14.9. The third-order valence-electron chi connectivity index (χ3n) is 1.88. The summed E-state index contributed by atoms with van der Waals surface area (Å²) in [5.41, 5.74) is 0. The number of aliphatic hydroxyl groups is 1. The van der Waals surface area contributed by atoms with Crippen LogP contribution >= 0.6 is 34.8 Å². The summed E-state index contributed by atoms with van der Waals surface area (Å²) in [6.45, 7) is 2.16. The zero-order valence-corrected chi connectivity index (χ0v) is 10.6. The second-order valence-electron chi connectivity index (χ2n) is 3.26. The zero-order valence-electron chi connectivity index (χ0n) is 8.35. The van der Waals surface area contributed by atoms with Gasteiger partial charge in [-0.15, -0.1) is 0 Å². The minimum Gasteiger partial charge on any atom is -0.388 e. The van der Waals surface area contributed by atoms with Crippen LogP contribution in [0.25, 0.3) is 0 Å². The monoisotopic (exact) mass is 258 g/mol. The predicted molar refractivity (Wildman–Crippen MR) is 64.2 cm³/mol. The topological polar surface area (TPSA) is 20.2 Å². The van der Waals surface area contributed by atoms with Crippen LogP contribution in [0.3, 0.4) is 0 Å². The van der Waals surface area contributed by atoms with E-state index in [1.807, 2.05) is 12.2 Å².